The lowest BCUT2D eigenvalue weighted by molar-refractivity contribution is -0.113. The number of benzene rings is 2. The van der Waals surface area contributed by atoms with E-state index < -0.39 is 0 Å². The number of hydrogen-bond donors (Lipinski definition) is 1. The average Bonchev–Trinajstić information content (AvgIpc) is 3.08. The van der Waals surface area contributed by atoms with Crippen molar-refractivity contribution in [1.82, 2.24) is 4.98 Å². The number of rotatable bonds is 6. The summed E-state index contributed by atoms with van der Waals surface area (Å²) < 4.78 is 5.52. The third-order valence-electron chi connectivity index (χ3n) is 4.00. The fourth-order valence-corrected chi connectivity index (χ4v) is 3.59. The third kappa shape index (κ3) is 4.55. The highest BCUT2D eigenvalue weighted by molar-refractivity contribution is 7.99. The highest BCUT2D eigenvalue weighted by atomic mass is 32.2. The maximum absolute atomic E-state index is 12.2. The molecule has 1 N–H and O–H groups in total. The molecule has 0 bridgehead atoms. The minimum Gasteiger partial charge on any atom is -0.444 e. The number of thioether (sulfide) groups is 1. The smallest absolute Gasteiger partial charge is 0.234 e. The Kier molecular flexibility index (Phi) is 5.78. The summed E-state index contributed by atoms with van der Waals surface area (Å²) in [6, 6.07) is 13.9. The van der Waals surface area contributed by atoms with Crippen LogP contribution < -0.4 is 5.32 Å². The van der Waals surface area contributed by atoms with Crippen molar-refractivity contribution in [2.24, 2.45) is 0 Å². The van der Waals surface area contributed by atoms with Crippen LogP contribution in [0.4, 0.5) is 5.69 Å². The molecule has 0 atom stereocenters. The Morgan fingerprint density at radius 2 is 1.81 bits per heavy atom. The highest BCUT2D eigenvalue weighted by Gasteiger charge is 2.10. The van der Waals surface area contributed by atoms with Gasteiger partial charge in [-0.25, -0.2) is 4.98 Å². The quantitative estimate of drug-likeness (QED) is 0.656. The van der Waals surface area contributed by atoms with Gasteiger partial charge in [-0.2, -0.15) is 0 Å². The maximum atomic E-state index is 12.2. The second-order valence-electron chi connectivity index (χ2n) is 6.32. The predicted octanol–water partition coefficient (Wildman–Crippen LogP) is 5.14. The van der Waals surface area contributed by atoms with Crippen LogP contribution in [0.25, 0.3) is 11.5 Å². The van der Waals surface area contributed by atoms with Gasteiger partial charge in [0.15, 0.2) is 0 Å². The van der Waals surface area contributed by atoms with Crippen LogP contribution in [-0.2, 0) is 10.5 Å². The zero-order valence-corrected chi connectivity index (χ0v) is 16.0. The summed E-state index contributed by atoms with van der Waals surface area (Å²) in [6.07, 6.45) is 1.65. The molecule has 0 radical (unpaired) electrons. The van der Waals surface area contributed by atoms with Gasteiger partial charge in [0.25, 0.3) is 0 Å². The van der Waals surface area contributed by atoms with E-state index in [0.29, 0.717) is 17.4 Å². The number of nitrogens with zero attached hydrogens (tertiary/aromatic N) is 1. The number of nitrogens with one attached hydrogen (secondary N) is 1. The molecule has 2 aromatic carbocycles. The monoisotopic (exact) mass is 366 g/mol. The van der Waals surface area contributed by atoms with Crippen LogP contribution >= 0.6 is 11.8 Å². The van der Waals surface area contributed by atoms with Crippen molar-refractivity contribution >= 4 is 23.4 Å². The summed E-state index contributed by atoms with van der Waals surface area (Å²) >= 11 is 1.52. The molecule has 3 rings (SSSR count). The van der Waals surface area contributed by atoms with E-state index in [1.54, 1.807) is 6.26 Å². The van der Waals surface area contributed by atoms with E-state index in [4.69, 9.17) is 4.42 Å². The van der Waals surface area contributed by atoms with Gasteiger partial charge in [-0.15, -0.1) is 11.8 Å². The Balaban J connectivity index is 1.52. The molecular weight excluding hydrogens is 344 g/mol. The molecule has 0 saturated heterocycles. The van der Waals surface area contributed by atoms with Crippen LogP contribution in [0.15, 0.2) is 53.1 Å². The number of oxazole rings is 1. The number of carbonyl (C=O) groups excluding carboxylic acids is 1. The molecule has 0 unspecified atom stereocenters. The van der Waals surface area contributed by atoms with Crippen LogP contribution in [0, 0.1) is 20.8 Å². The van der Waals surface area contributed by atoms with Gasteiger partial charge >= 0.3 is 0 Å². The van der Waals surface area contributed by atoms with Crippen molar-refractivity contribution in [3.8, 4) is 11.5 Å². The molecule has 1 aromatic heterocycles. The first kappa shape index (κ1) is 18.3. The van der Waals surface area contributed by atoms with Crippen LogP contribution in [-0.4, -0.2) is 16.6 Å². The minimum atomic E-state index is -0.00293. The third-order valence-corrected chi connectivity index (χ3v) is 4.96. The Hall–Kier alpha value is -2.53. The molecule has 26 heavy (non-hydrogen) atoms. The van der Waals surface area contributed by atoms with E-state index in [1.807, 2.05) is 44.2 Å². The largest absolute Gasteiger partial charge is 0.444 e. The van der Waals surface area contributed by atoms with Crippen LogP contribution in [0.5, 0.6) is 0 Å². The molecule has 0 saturated carbocycles. The zero-order chi connectivity index (χ0) is 18.5. The molecule has 3 aromatic rings. The summed E-state index contributed by atoms with van der Waals surface area (Å²) in [5.41, 5.74) is 6.08. The number of aromatic nitrogens is 1. The molecule has 0 fully saturated rings. The Morgan fingerprint density at radius 1 is 1.12 bits per heavy atom. The lowest BCUT2D eigenvalue weighted by atomic mass is 10.1. The van der Waals surface area contributed by atoms with Crippen LogP contribution in [0.1, 0.15) is 22.4 Å². The lowest BCUT2D eigenvalue weighted by Crippen LogP contribution is -2.16. The first-order valence-electron chi connectivity index (χ1n) is 8.48. The van der Waals surface area contributed by atoms with Crippen LogP contribution in [0.3, 0.4) is 0 Å². The SMILES string of the molecule is Cc1cc(C)c(NC(=O)CSCc2coc(-c3ccccc3)n2)c(C)c1. The number of anilines is 1. The predicted molar refractivity (Wildman–Crippen MR) is 107 cm³/mol. The number of aryl methyl sites for hydroxylation is 3. The highest BCUT2D eigenvalue weighted by Crippen LogP contribution is 2.23. The second-order valence-corrected chi connectivity index (χ2v) is 7.31. The molecular formula is C21H22N2O2S. The van der Waals surface area contributed by atoms with Crippen molar-refractivity contribution < 1.29 is 9.21 Å². The van der Waals surface area contributed by atoms with Gasteiger partial charge in [0.05, 0.1) is 11.4 Å². The number of carbonyl (C=O) groups is 1. The zero-order valence-electron chi connectivity index (χ0n) is 15.2. The molecule has 0 aliphatic rings. The summed E-state index contributed by atoms with van der Waals surface area (Å²) in [5, 5.41) is 3.02. The minimum absolute atomic E-state index is 0.00293. The van der Waals surface area contributed by atoms with Gasteiger partial charge in [-0.3, -0.25) is 4.79 Å². The standard InChI is InChI=1S/C21H22N2O2S/c1-14-9-15(2)20(16(3)10-14)23-19(24)13-26-12-18-11-25-21(22-18)17-7-5-4-6-8-17/h4-11H,12-13H2,1-3H3,(H,23,24). The second kappa shape index (κ2) is 8.23. The summed E-state index contributed by atoms with van der Waals surface area (Å²) in [4.78, 5) is 16.7. The van der Waals surface area contributed by atoms with Crippen molar-refractivity contribution in [3.05, 3.63) is 71.1 Å². The molecule has 4 nitrogen and oxygen atoms in total. The summed E-state index contributed by atoms with van der Waals surface area (Å²) in [7, 11) is 0. The van der Waals surface area contributed by atoms with Crippen molar-refractivity contribution in [3.63, 3.8) is 0 Å². The fraction of sp³-hybridized carbons (Fsp3) is 0.238. The average molecular weight is 366 g/mol. The molecule has 1 amide bonds. The molecule has 5 heteroatoms. The summed E-state index contributed by atoms with van der Waals surface area (Å²) in [5.74, 6) is 1.61. The van der Waals surface area contributed by atoms with Gasteiger partial charge in [0.1, 0.15) is 6.26 Å². The van der Waals surface area contributed by atoms with Gasteiger partial charge in [0.2, 0.25) is 11.8 Å². The Morgan fingerprint density at radius 3 is 2.50 bits per heavy atom. The van der Waals surface area contributed by atoms with Gasteiger partial charge in [-0.1, -0.05) is 35.9 Å². The normalized spacial score (nSPS) is 10.7. The Labute approximate surface area is 158 Å². The molecule has 1 heterocycles. The van der Waals surface area contributed by atoms with Gasteiger partial charge < -0.3 is 9.73 Å². The topological polar surface area (TPSA) is 55.1 Å². The van der Waals surface area contributed by atoms with Crippen LogP contribution in [0.2, 0.25) is 0 Å². The first-order valence-corrected chi connectivity index (χ1v) is 9.63. The molecule has 0 aliphatic heterocycles. The molecule has 0 aliphatic carbocycles. The number of hydrogen-bond acceptors (Lipinski definition) is 4. The van der Waals surface area contributed by atoms with E-state index in [-0.39, 0.29) is 5.91 Å². The fourth-order valence-electron chi connectivity index (χ4n) is 2.89. The molecule has 134 valence electrons. The van der Waals surface area contributed by atoms with E-state index in [0.717, 1.165) is 28.1 Å². The van der Waals surface area contributed by atoms with E-state index in [1.165, 1.54) is 17.3 Å². The van der Waals surface area contributed by atoms with Gasteiger partial charge in [-0.05, 0) is 44.0 Å². The number of amides is 1. The van der Waals surface area contributed by atoms with E-state index in [2.05, 4.69) is 29.4 Å². The van der Waals surface area contributed by atoms with Crippen molar-refractivity contribution in [2.45, 2.75) is 26.5 Å². The van der Waals surface area contributed by atoms with Gasteiger partial charge in [0, 0.05) is 17.0 Å². The van der Waals surface area contributed by atoms with E-state index >= 15 is 0 Å². The summed E-state index contributed by atoms with van der Waals surface area (Å²) in [6.45, 7) is 6.09. The lowest BCUT2D eigenvalue weighted by Gasteiger charge is -2.12. The maximum Gasteiger partial charge on any atom is 0.234 e. The first-order chi connectivity index (χ1) is 12.5. The van der Waals surface area contributed by atoms with Crippen molar-refractivity contribution in [1.29, 1.82) is 0 Å². The van der Waals surface area contributed by atoms with Crippen molar-refractivity contribution in [2.75, 3.05) is 11.1 Å². The Bertz CT molecular complexity index is 880. The molecule has 0 spiro atoms. The van der Waals surface area contributed by atoms with E-state index in [9.17, 15) is 4.79 Å².